The molecule has 2 aromatic rings. The van der Waals surface area contributed by atoms with E-state index < -0.39 is 0 Å². The Morgan fingerprint density at radius 2 is 2.00 bits per heavy atom. The lowest BCUT2D eigenvalue weighted by atomic mass is 10.1. The zero-order valence-corrected chi connectivity index (χ0v) is 8.88. The summed E-state index contributed by atoms with van der Waals surface area (Å²) in [4.78, 5) is 18.3. The molecule has 4 heteroatoms. The van der Waals surface area contributed by atoms with Crippen molar-refractivity contribution >= 4 is 11.6 Å². The number of aromatic nitrogens is 2. The van der Waals surface area contributed by atoms with Crippen LogP contribution < -0.4 is 5.56 Å². The number of nitrogens with zero attached hydrogens (tertiary/aromatic N) is 1. The van der Waals surface area contributed by atoms with Gasteiger partial charge in [-0.25, -0.2) is 4.98 Å². The van der Waals surface area contributed by atoms with Crippen molar-refractivity contribution in [1.29, 1.82) is 0 Å². The predicted molar refractivity (Wildman–Crippen MR) is 60.0 cm³/mol. The third-order valence-electron chi connectivity index (χ3n) is 2.09. The van der Waals surface area contributed by atoms with Gasteiger partial charge in [-0.15, -0.1) is 0 Å². The molecule has 0 aliphatic rings. The van der Waals surface area contributed by atoms with Gasteiger partial charge in [0.2, 0.25) is 0 Å². The van der Waals surface area contributed by atoms with E-state index in [4.69, 9.17) is 11.6 Å². The summed E-state index contributed by atoms with van der Waals surface area (Å²) in [7, 11) is 0. The Kier molecular flexibility index (Phi) is 2.56. The molecule has 0 unspecified atom stereocenters. The number of rotatable bonds is 1. The third-order valence-corrected chi connectivity index (χ3v) is 2.42. The van der Waals surface area contributed by atoms with Gasteiger partial charge >= 0.3 is 0 Å². The maximum absolute atomic E-state index is 11.6. The van der Waals surface area contributed by atoms with E-state index >= 15 is 0 Å². The SMILES string of the molecule is Cc1ncc(-c2ccccc2Cl)c(=O)[nH]1. The topological polar surface area (TPSA) is 45.8 Å². The lowest BCUT2D eigenvalue weighted by Crippen LogP contribution is -2.11. The average Bonchev–Trinajstić information content (AvgIpc) is 2.20. The van der Waals surface area contributed by atoms with Gasteiger partial charge in [-0.1, -0.05) is 29.8 Å². The molecular formula is C11H9ClN2O. The smallest absolute Gasteiger partial charge is 0.258 e. The molecule has 0 amide bonds. The first kappa shape index (κ1) is 9.93. The van der Waals surface area contributed by atoms with E-state index in [2.05, 4.69) is 9.97 Å². The number of halogens is 1. The molecule has 1 N–H and O–H groups in total. The lowest BCUT2D eigenvalue weighted by Gasteiger charge is -2.02. The molecule has 0 bridgehead atoms. The molecule has 3 nitrogen and oxygen atoms in total. The molecule has 0 atom stereocenters. The molecule has 2 rings (SSSR count). The summed E-state index contributed by atoms with van der Waals surface area (Å²) < 4.78 is 0. The first-order valence-corrected chi connectivity index (χ1v) is 4.87. The van der Waals surface area contributed by atoms with Crippen molar-refractivity contribution < 1.29 is 0 Å². The van der Waals surface area contributed by atoms with Crippen LogP contribution in [0.2, 0.25) is 5.02 Å². The Bertz CT molecular complexity index is 548. The van der Waals surface area contributed by atoms with E-state index in [-0.39, 0.29) is 5.56 Å². The molecule has 0 aliphatic heterocycles. The number of aryl methyl sites for hydroxylation is 1. The van der Waals surface area contributed by atoms with E-state index in [1.165, 1.54) is 6.20 Å². The predicted octanol–water partition coefficient (Wildman–Crippen LogP) is 2.40. The van der Waals surface area contributed by atoms with Gasteiger partial charge in [-0.05, 0) is 13.0 Å². The van der Waals surface area contributed by atoms with Gasteiger partial charge < -0.3 is 4.98 Å². The van der Waals surface area contributed by atoms with Crippen LogP contribution in [0.5, 0.6) is 0 Å². The number of hydrogen-bond donors (Lipinski definition) is 1. The monoisotopic (exact) mass is 220 g/mol. The lowest BCUT2D eigenvalue weighted by molar-refractivity contribution is 1.02. The molecule has 1 aromatic heterocycles. The van der Waals surface area contributed by atoms with Crippen LogP contribution >= 0.6 is 11.6 Å². The van der Waals surface area contributed by atoms with Crippen LogP contribution in [0.3, 0.4) is 0 Å². The van der Waals surface area contributed by atoms with Crippen LogP contribution in [0, 0.1) is 6.92 Å². The summed E-state index contributed by atoms with van der Waals surface area (Å²) in [5.74, 6) is 0.593. The molecule has 15 heavy (non-hydrogen) atoms. The van der Waals surface area contributed by atoms with Gasteiger partial charge in [0.1, 0.15) is 5.82 Å². The third kappa shape index (κ3) is 1.92. The maximum Gasteiger partial charge on any atom is 0.258 e. The second-order valence-corrected chi connectivity index (χ2v) is 3.60. The second kappa shape index (κ2) is 3.87. The highest BCUT2D eigenvalue weighted by Gasteiger charge is 2.06. The van der Waals surface area contributed by atoms with Crippen LogP contribution in [-0.2, 0) is 0 Å². The van der Waals surface area contributed by atoms with Crippen molar-refractivity contribution in [2.24, 2.45) is 0 Å². The minimum Gasteiger partial charge on any atom is -0.310 e. The van der Waals surface area contributed by atoms with Crippen LogP contribution in [0.4, 0.5) is 0 Å². The van der Waals surface area contributed by atoms with Gasteiger partial charge in [0.15, 0.2) is 0 Å². The van der Waals surface area contributed by atoms with E-state index in [0.717, 1.165) is 0 Å². The van der Waals surface area contributed by atoms with Crippen molar-refractivity contribution in [2.75, 3.05) is 0 Å². The molecule has 1 aromatic carbocycles. The van der Waals surface area contributed by atoms with E-state index in [9.17, 15) is 4.79 Å². The van der Waals surface area contributed by atoms with Crippen LogP contribution in [0.1, 0.15) is 5.82 Å². The summed E-state index contributed by atoms with van der Waals surface area (Å²) in [5, 5.41) is 0.550. The van der Waals surface area contributed by atoms with Crippen LogP contribution in [0.15, 0.2) is 35.3 Å². The maximum atomic E-state index is 11.6. The Labute approximate surface area is 91.8 Å². The first-order valence-electron chi connectivity index (χ1n) is 4.49. The Balaban J connectivity index is 2.65. The fourth-order valence-corrected chi connectivity index (χ4v) is 1.59. The van der Waals surface area contributed by atoms with Gasteiger partial charge in [0.25, 0.3) is 5.56 Å². The Morgan fingerprint density at radius 1 is 1.27 bits per heavy atom. The fourth-order valence-electron chi connectivity index (χ4n) is 1.36. The molecular weight excluding hydrogens is 212 g/mol. The van der Waals surface area contributed by atoms with E-state index in [1.54, 1.807) is 19.1 Å². The quantitative estimate of drug-likeness (QED) is 0.802. The number of aromatic amines is 1. The minimum absolute atomic E-state index is 0.171. The van der Waals surface area contributed by atoms with Gasteiger partial charge in [-0.2, -0.15) is 0 Å². The molecule has 76 valence electrons. The summed E-state index contributed by atoms with van der Waals surface area (Å²) >= 11 is 5.99. The zero-order valence-electron chi connectivity index (χ0n) is 8.12. The summed E-state index contributed by atoms with van der Waals surface area (Å²) in [6.45, 7) is 1.73. The summed E-state index contributed by atoms with van der Waals surface area (Å²) in [6, 6.07) is 7.20. The van der Waals surface area contributed by atoms with E-state index in [1.807, 2.05) is 12.1 Å². The zero-order chi connectivity index (χ0) is 10.8. The van der Waals surface area contributed by atoms with Crippen LogP contribution in [0.25, 0.3) is 11.1 Å². The van der Waals surface area contributed by atoms with E-state index in [0.29, 0.717) is 22.0 Å². The Hall–Kier alpha value is -1.61. The molecule has 0 saturated carbocycles. The Morgan fingerprint density at radius 3 is 2.67 bits per heavy atom. The van der Waals surface area contributed by atoms with Crippen molar-refractivity contribution in [3.05, 3.63) is 51.7 Å². The highest BCUT2D eigenvalue weighted by molar-refractivity contribution is 6.33. The minimum atomic E-state index is -0.171. The highest BCUT2D eigenvalue weighted by atomic mass is 35.5. The first-order chi connectivity index (χ1) is 7.18. The molecule has 0 radical (unpaired) electrons. The van der Waals surface area contributed by atoms with Crippen molar-refractivity contribution in [3.8, 4) is 11.1 Å². The molecule has 1 heterocycles. The van der Waals surface area contributed by atoms with Crippen molar-refractivity contribution in [3.63, 3.8) is 0 Å². The largest absolute Gasteiger partial charge is 0.310 e. The van der Waals surface area contributed by atoms with Crippen molar-refractivity contribution in [2.45, 2.75) is 6.92 Å². The highest BCUT2D eigenvalue weighted by Crippen LogP contribution is 2.23. The molecule has 0 spiro atoms. The standard InChI is InChI=1S/C11H9ClN2O/c1-7-13-6-9(11(15)14-7)8-4-2-3-5-10(8)12/h2-6H,1H3,(H,13,14,15). The van der Waals surface area contributed by atoms with Gasteiger partial charge in [0.05, 0.1) is 5.56 Å². The summed E-state index contributed by atoms with van der Waals surface area (Å²) in [5.41, 5.74) is 1.02. The van der Waals surface area contributed by atoms with Crippen molar-refractivity contribution in [1.82, 2.24) is 9.97 Å². The average molecular weight is 221 g/mol. The second-order valence-electron chi connectivity index (χ2n) is 3.19. The number of hydrogen-bond acceptors (Lipinski definition) is 2. The summed E-state index contributed by atoms with van der Waals surface area (Å²) in [6.07, 6.45) is 1.54. The number of H-pyrrole nitrogens is 1. The normalized spacial score (nSPS) is 10.3. The number of benzene rings is 1. The van der Waals surface area contributed by atoms with Crippen LogP contribution in [-0.4, -0.2) is 9.97 Å². The fraction of sp³-hybridized carbons (Fsp3) is 0.0909. The molecule has 0 aliphatic carbocycles. The van der Waals surface area contributed by atoms with Gasteiger partial charge in [-0.3, -0.25) is 4.79 Å². The molecule has 0 fully saturated rings. The number of nitrogens with one attached hydrogen (secondary N) is 1. The van der Waals surface area contributed by atoms with Gasteiger partial charge in [0, 0.05) is 16.8 Å². The molecule has 0 saturated heterocycles.